The van der Waals surface area contributed by atoms with E-state index in [9.17, 15) is 0 Å². The highest BCUT2D eigenvalue weighted by Gasteiger charge is 2.11. The first-order valence-corrected chi connectivity index (χ1v) is 9.90. The van der Waals surface area contributed by atoms with Gasteiger partial charge in [-0.1, -0.05) is 36.4 Å². The Morgan fingerprint density at radius 2 is 1.67 bits per heavy atom. The Morgan fingerprint density at radius 3 is 2.37 bits per heavy atom. The van der Waals surface area contributed by atoms with E-state index < -0.39 is 0 Å². The number of halogens is 2. The number of alkyl halides is 2. The molecule has 0 saturated heterocycles. The highest BCUT2D eigenvalue weighted by atomic mass is 35.5. The molecule has 0 N–H and O–H groups in total. The molecule has 0 fully saturated rings. The Hall–Kier alpha value is -2.23. The zero-order valence-electron chi connectivity index (χ0n) is 15.2. The van der Waals surface area contributed by atoms with Crippen LogP contribution in [-0.2, 0) is 0 Å². The molecule has 0 unspecified atom stereocenters. The van der Waals surface area contributed by atoms with E-state index in [0.29, 0.717) is 11.8 Å². The van der Waals surface area contributed by atoms with E-state index in [-0.39, 0.29) is 0 Å². The Balaban J connectivity index is 1.84. The van der Waals surface area contributed by atoms with Crippen LogP contribution in [0.1, 0.15) is 5.56 Å². The van der Waals surface area contributed by atoms with Gasteiger partial charge in [0.25, 0.3) is 0 Å². The van der Waals surface area contributed by atoms with Crippen molar-refractivity contribution in [1.29, 1.82) is 0 Å². The normalized spacial score (nSPS) is 11.2. The number of methoxy groups -OCH3 is 1. The van der Waals surface area contributed by atoms with Gasteiger partial charge in [0.2, 0.25) is 0 Å². The van der Waals surface area contributed by atoms with Crippen LogP contribution >= 0.6 is 23.2 Å². The van der Waals surface area contributed by atoms with Gasteiger partial charge in [-0.05, 0) is 40.6 Å². The minimum atomic E-state index is 0.533. The van der Waals surface area contributed by atoms with Gasteiger partial charge < -0.3 is 9.64 Å². The molecule has 0 heterocycles. The quantitative estimate of drug-likeness (QED) is 0.348. The molecule has 5 heteroatoms. The minimum Gasteiger partial charge on any atom is -0.495 e. The largest absolute Gasteiger partial charge is 0.495 e. The lowest BCUT2D eigenvalue weighted by molar-refractivity contribution is 0.414. The lowest BCUT2D eigenvalue weighted by atomic mass is 10.1. The Bertz CT molecular complexity index is 921. The van der Waals surface area contributed by atoms with E-state index in [0.717, 1.165) is 35.8 Å². The Labute approximate surface area is 170 Å². The predicted octanol–water partition coefficient (Wildman–Crippen LogP) is 5.88. The molecule has 3 aromatic rings. The number of hydrogen-bond donors (Lipinski definition) is 0. The van der Waals surface area contributed by atoms with Crippen LogP contribution in [0.3, 0.4) is 0 Å². The summed E-state index contributed by atoms with van der Waals surface area (Å²) in [6, 6.07) is 20.5. The number of ether oxygens (including phenoxy) is 1. The first kappa shape index (κ1) is 19.5. The van der Waals surface area contributed by atoms with Crippen LogP contribution in [-0.4, -0.2) is 38.2 Å². The molecule has 3 nitrogen and oxygen atoms in total. The summed E-state index contributed by atoms with van der Waals surface area (Å²) in [4.78, 5) is 6.74. The van der Waals surface area contributed by atoms with Crippen molar-refractivity contribution in [2.45, 2.75) is 0 Å². The second-order valence-electron chi connectivity index (χ2n) is 6.09. The molecule has 27 heavy (non-hydrogen) atoms. The molecule has 140 valence electrons. The maximum absolute atomic E-state index is 5.92. The molecule has 0 spiro atoms. The summed E-state index contributed by atoms with van der Waals surface area (Å²) in [5.41, 5.74) is 2.88. The molecule has 0 atom stereocenters. The predicted molar refractivity (Wildman–Crippen MR) is 118 cm³/mol. The number of nitrogens with zero attached hydrogens (tertiary/aromatic N) is 2. The van der Waals surface area contributed by atoms with Crippen LogP contribution in [0, 0.1) is 0 Å². The molecule has 0 aliphatic heterocycles. The van der Waals surface area contributed by atoms with Crippen molar-refractivity contribution in [2.75, 3.05) is 36.9 Å². The van der Waals surface area contributed by atoms with Gasteiger partial charge in [0.1, 0.15) is 5.75 Å². The monoisotopic (exact) mass is 400 g/mol. The first-order chi connectivity index (χ1) is 13.2. The van der Waals surface area contributed by atoms with E-state index in [4.69, 9.17) is 27.9 Å². The van der Waals surface area contributed by atoms with Gasteiger partial charge >= 0.3 is 0 Å². The third kappa shape index (κ3) is 4.94. The third-order valence-electron chi connectivity index (χ3n) is 4.35. The maximum Gasteiger partial charge on any atom is 0.142 e. The first-order valence-electron chi connectivity index (χ1n) is 8.83. The van der Waals surface area contributed by atoms with Gasteiger partial charge in [-0.2, -0.15) is 0 Å². The van der Waals surface area contributed by atoms with Crippen molar-refractivity contribution in [3.05, 3.63) is 66.2 Å². The summed E-state index contributed by atoms with van der Waals surface area (Å²) >= 11 is 11.8. The topological polar surface area (TPSA) is 24.8 Å². The van der Waals surface area contributed by atoms with Crippen molar-refractivity contribution in [1.82, 2.24) is 0 Å². The highest BCUT2D eigenvalue weighted by Crippen LogP contribution is 2.29. The van der Waals surface area contributed by atoms with Crippen molar-refractivity contribution < 1.29 is 4.74 Å². The standard InChI is InChI=1S/C22H22Cl2N2O/c1-27-22-14-17(6-9-21(22)26(12-10-23)13-11-24)16-25-20-8-7-18-4-2-3-5-19(18)15-20/h2-9,14-16H,10-13H2,1H3. The number of aliphatic imine (C=N–C) groups is 1. The molecule has 0 saturated carbocycles. The Kier molecular flexibility index (Phi) is 6.97. The van der Waals surface area contributed by atoms with Gasteiger partial charge in [-0.25, -0.2) is 0 Å². The fourth-order valence-corrected chi connectivity index (χ4v) is 3.41. The lowest BCUT2D eigenvalue weighted by Crippen LogP contribution is -2.28. The number of benzene rings is 3. The summed E-state index contributed by atoms with van der Waals surface area (Å²) in [6.45, 7) is 1.43. The maximum atomic E-state index is 5.92. The van der Waals surface area contributed by atoms with Gasteiger partial charge in [-0.15, -0.1) is 23.2 Å². The highest BCUT2D eigenvalue weighted by molar-refractivity contribution is 6.18. The van der Waals surface area contributed by atoms with Crippen molar-refractivity contribution >= 4 is 51.6 Å². The second-order valence-corrected chi connectivity index (χ2v) is 6.84. The van der Waals surface area contributed by atoms with Crippen molar-refractivity contribution in [3.63, 3.8) is 0 Å². The molecule has 0 radical (unpaired) electrons. The summed E-state index contributed by atoms with van der Waals surface area (Å²) in [7, 11) is 1.67. The van der Waals surface area contributed by atoms with Gasteiger partial charge in [0.05, 0.1) is 18.5 Å². The zero-order chi connectivity index (χ0) is 19.1. The van der Waals surface area contributed by atoms with Crippen LogP contribution in [0.2, 0.25) is 0 Å². The molecule has 0 aliphatic rings. The molecule has 3 aromatic carbocycles. The van der Waals surface area contributed by atoms with Crippen LogP contribution in [0.5, 0.6) is 5.75 Å². The third-order valence-corrected chi connectivity index (χ3v) is 4.69. The smallest absolute Gasteiger partial charge is 0.142 e. The second kappa shape index (κ2) is 9.63. The van der Waals surface area contributed by atoms with E-state index in [1.807, 2.05) is 42.6 Å². The molecule has 0 aliphatic carbocycles. The fraction of sp³-hybridized carbons (Fsp3) is 0.227. The average molecular weight is 401 g/mol. The van der Waals surface area contributed by atoms with E-state index in [1.54, 1.807) is 7.11 Å². The van der Waals surface area contributed by atoms with Gasteiger partial charge in [0.15, 0.2) is 0 Å². The summed E-state index contributed by atoms with van der Waals surface area (Å²) < 4.78 is 5.58. The van der Waals surface area contributed by atoms with Crippen molar-refractivity contribution in [2.24, 2.45) is 4.99 Å². The van der Waals surface area contributed by atoms with Crippen LogP contribution in [0.25, 0.3) is 10.8 Å². The fourth-order valence-electron chi connectivity index (χ4n) is 3.00. The van der Waals surface area contributed by atoms with E-state index in [2.05, 4.69) is 34.2 Å². The molecule has 3 rings (SSSR count). The molecule has 0 aromatic heterocycles. The van der Waals surface area contributed by atoms with E-state index >= 15 is 0 Å². The Morgan fingerprint density at radius 1 is 0.926 bits per heavy atom. The molecule has 0 amide bonds. The van der Waals surface area contributed by atoms with E-state index in [1.165, 1.54) is 10.8 Å². The van der Waals surface area contributed by atoms with Crippen LogP contribution in [0.15, 0.2) is 65.7 Å². The average Bonchev–Trinajstić information content (AvgIpc) is 2.71. The molecule has 0 bridgehead atoms. The summed E-state index contributed by atoms with van der Waals surface area (Å²) in [6.07, 6.45) is 1.85. The zero-order valence-corrected chi connectivity index (χ0v) is 16.7. The van der Waals surface area contributed by atoms with Crippen LogP contribution in [0.4, 0.5) is 11.4 Å². The number of rotatable bonds is 8. The van der Waals surface area contributed by atoms with Crippen molar-refractivity contribution in [3.8, 4) is 5.75 Å². The summed E-state index contributed by atoms with van der Waals surface area (Å²) in [5.74, 6) is 1.85. The SMILES string of the molecule is COc1cc(C=Nc2ccc3ccccc3c2)ccc1N(CCCl)CCCl. The molecular weight excluding hydrogens is 379 g/mol. The molecular formula is C22H22Cl2N2O. The lowest BCUT2D eigenvalue weighted by Gasteiger charge is -2.25. The minimum absolute atomic E-state index is 0.533. The number of hydrogen-bond acceptors (Lipinski definition) is 3. The van der Waals surface area contributed by atoms with Crippen LogP contribution < -0.4 is 9.64 Å². The van der Waals surface area contributed by atoms with Gasteiger partial charge in [0, 0.05) is 31.1 Å². The number of anilines is 1. The number of fused-ring (bicyclic) bond motifs is 1. The summed E-state index contributed by atoms with van der Waals surface area (Å²) in [5, 5.41) is 2.39. The van der Waals surface area contributed by atoms with Gasteiger partial charge in [-0.3, -0.25) is 4.99 Å².